The molecule has 1 N–H and O–H groups in total. The van der Waals surface area contributed by atoms with Crippen molar-refractivity contribution in [1.29, 1.82) is 0 Å². The van der Waals surface area contributed by atoms with Crippen molar-refractivity contribution in [2.75, 3.05) is 0 Å². The van der Waals surface area contributed by atoms with E-state index in [1.54, 1.807) is 0 Å². The SMILES string of the molecule is CCC(CC(C)C)c1ccc(OS(=O)(=O)C(F)(F)C(F)(F)C(F)(F)S(=O)(=O)O)cc1. The molecule has 14 heteroatoms. The van der Waals surface area contributed by atoms with E-state index in [1.807, 2.05) is 20.8 Å². The predicted molar refractivity (Wildman–Crippen MR) is 94.9 cm³/mol. The summed E-state index contributed by atoms with van der Waals surface area (Å²) >= 11 is 0. The highest BCUT2D eigenvalue weighted by Gasteiger charge is 2.83. The average Bonchev–Trinajstić information content (AvgIpc) is 2.58. The normalized spacial score (nSPS) is 15.3. The van der Waals surface area contributed by atoms with Crippen LogP contribution >= 0.6 is 0 Å². The highest BCUT2D eigenvalue weighted by Crippen LogP contribution is 2.50. The fraction of sp³-hybridized carbons (Fsp3) is 0.625. The first kappa shape index (κ1) is 26.5. The first-order valence-corrected chi connectivity index (χ1v) is 11.3. The molecule has 0 aliphatic heterocycles. The van der Waals surface area contributed by atoms with E-state index < -0.39 is 42.4 Å². The molecule has 0 radical (unpaired) electrons. The van der Waals surface area contributed by atoms with Crippen LogP contribution < -0.4 is 4.18 Å². The summed E-state index contributed by atoms with van der Waals surface area (Å²) in [7, 11) is -13.9. The summed E-state index contributed by atoms with van der Waals surface area (Å²) in [5, 5.41) is -13.5. The molecule has 1 atom stereocenters. The van der Waals surface area contributed by atoms with Gasteiger partial charge in [-0.3, -0.25) is 4.55 Å². The third-order valence-corrected chi connectivity index (χ3v) is 6.38. The van der Waals surface area contributed by atoms with Crippen molar-refractivity contribution >= 4 is 20.2 Å². The van der Waals surface area contributed by atoms with Gasteiger partial charge in [-0.05, 0) is 42.4 Å². The standard InChI is InChI=1S/C16H20F6O6S2/c1-4-11(9-10(2)3)12-5-7-13(8-6-12)28-30(26,27)16(21,22)14(17,18)15(19,20)29(23,24)25/h5-8,10-11H,4,9H2,1-3H3,(H,23,24,25). The number of hydrogen-bond donors (Lipinski definition) is 1. The van der Waals surface area contributed by atoms with Gasteiger partial charge in [0.2, 0.25) is 0 Å². The van der Waals surface area contributed by atoms with Gasteiger partial charge in [0, 0.05) is 0 Å². The Balaban J connectivity index is 3.24. The van der Waals surface area contributed by atoms with E-state index in [0.717, 1.165) is 18.6 Å². The molecule has 0 saturated heterocycles. The van der Waals surface area contributed by atoms with Crippen molar-refractivity contribution in [2.24, 2.45) is 5.92 Å². The summed E-state index contributed by atoms with van der Waals surface area (Å²) in [6.45, 7) is 5.79. The second kappa shape index (κ2) is 8.54. The fourth-order valence-corrected chi connectivity index (χ4v) is 4.00. The minimum atomic E-state index is -7.09. The lowest BCUT2D eigenvalue weighted by molar-refractivity contribution is -0.247. The highest BCUT2D eigenvalue weighted by molar-refractivity contribution is 7.88. The highest BCUT2D eigenvalue weighted by atomic mass is 32.2. The first-order valence-electron chi connectivity index (χ1n) is 8.46. The third-order valence-electron chi connectivity index (χ3n) is 4.18. The summed E-state index contributed by atoms with van der Waals surface area (Å²) in [5.74, 6) is -7.60. The molecule has 1 aromatic rings. The Hall–Kier alpha value is -1.54. The molecule has 0 aliphatic rings. The van der Waals surface area contributed by atoms with Crippen LogP contribution in [0.15, 0.2) is 24.3 Å². The van der Waals surface area contributed by atoms with Crippen LogP contribution in [-0.4, -0.2) is 37.8 Å². The molecule has 1 unspecified atom stereocenters. The van der Waals surface area contributed by atoms with Crippen LogP contribution in [0.5, 0.6) is 5.75 Å². The Morgan fingerprint density at radius 2 is 1.40 bits per heavy atom. The Kier molecular flexibility index (Phi) is 7.54. The lowest BCUT2D eigenvalue weighted by atomic mass is 9.88. The van der Waals surface area contributed by atoms with Crippen molar-refractivity contribution in [3.63, 3.8) is 0 Å². The molecule has 0 saturated carbocycles. The van der Waals surface area contributed by atoms with E-state index in [2.05, 4.69) is 4.18 Å². The summed E-state index contributed by atoms with van der Waals surface area (Å²) in [4.78, 5) is 0. The van der Waals surface area contributed by atoms with Crippen LogP contribution in [0.4, 0.5) is 26.3 Å². The molecule has 6 nitrogen and oxygen atoms in total. The quantitative estimate of drug-likeness (QED) is 0.294. The second-order valence-electron chi connectivity index (χ2n) is 6.92. The van der Waals surface area contributed by atoms with E-state index in [9.17, 15) is 43.2 Å². The van der Waals surface area contributed by atoms with E-state index in [1.165, 1.54) is 12.1 Å². The van der Waals surface area contributed by atoms with Gasteiger partial charge >= 0.3 is 36.7 Å². The van der Waals surface area contributed by atoms with Crippen LogP contribution in [0.1, 0.15) is 45.1 Å². The molecule has 0 spiro atoms. The minimum absolute atomic E-state index is 0.0230. The van der Waals surface area contributed by atoms with Gasteiger partial charge in [-0.1, -0.05) is 32.9 Å². The van der Waals surface area contributed by atoms with Gasteiger partial charge in [-0.15, -0.1) is 0 Å². The van der Waals surface area contributed by atoms with Crippen molar-refractivity contribution in [1.82, 2.24) is 0 Å². The lowest BCUT2D eigenvalue weighted by Crippen LogP contribution is -2.61. The Morgan fingerprint density at radius 3 is 1.77 bits per heavy atom. The van der Waals surface area contributed by atoms with Gasteiger partial charge in [-0.25, -0.2) is 0 Å². The number of halogens is 6. The van der Waals surface area contributed by atoms with Gasteiger partial charge in [0.1, 0.15) is 5.75 Å². The predicted octanol–water partition coefficient (Wildman–Crippen LogP) is 4.64. The number of benzene rings is 1. The van der Waals surface area contributed by atoms with Crippen LogP contribution in [0.25, 0.3) is 0 Å². The van der Waals surface area contributed by atoms with Gasteiger partial charge in [0.25, 0.3) is 0 Å². The van der Waals surface area contributed by atoms with Crippen LogP contribution in [-0.2, 0) is 20.2 Å². The van der Waals surface area contributed by atoms with Crippen LogP contribution in [0, 0.1) is 5.92 Å². The molecule has 1 aromatic carbocycles. The molecule has 0 fully saturated rings. The summed E-state index contributed by atoms with van der Waals surface area (Å²) in [6.07, 6.45) is 1.43. The van der Waals surface area contributed by atoms with Crippen LogP contribution in [0.3, 0.4) is 0 Å². The van der Waals surface area contributed by atoms with Crippen molar-refractivity contribution < 1.29 is 51.9 Å². The molecule has 0 aromatic heterocycles. The van der Waals surface area contributed by atoms with Gasteiger partial charge in [0.15, 0.2) is 0 Å². The zero-order valence-electron chi connectivity index (χ0n) is 16.0. The van der Waals surface area contributed by atoms with Crippen molar-refractivity contribution in [2.45, 2.75) is 56.0 Å². The Bertz CT molecular complexity index is 943. The molecule has 30 heavy (non-hydrogen) atoms. The Morgan fingerprint density at radius 1 is 0.933 bits per heavy atom. The maximum Gasteiger partial charge on any atom is 0.450 e. The van der Waals surface area contributed by atoms with E-state index in [4.69, 9.17) is 4.55 Å². The van der Waals surface area contributed by atoms with Crippen molar-refractivity contribution in [3.8, 4) is 5.75 Å². The van der Waals surface area contributed by atoms with Crippen LogP contribution in [0.2, 0.25) is 0 Å². The van der Waals surface area contributed by atoms with Gasteiger partial charge in [0.05, 0.1) is 0 Å². The largest absolute Gasteiger partial charge is 0.450 e. The smallest absolute Gasteiger partial charge is 0.378 e. The second-order valence-corrected chi connectivity index (χ2v) is 9.97. The van der Waals surface area contributed by atoms with E-state index >= 15 is 0 Å². The molecule has 0 amide bonds. The molecular formula is C16H20F6O6S2. The topological polar surface area (TPSA) is 97.7 Å². The third kappa shape index (κ3) is 4.85. The number of alkyl halides is 6. The maximum atomic E-state index is 13.8. The van der Waals surface area contributed by atoms with Gasteiger partial charge in [-0.2, -0.15) is 43.2 Å². The number of hydrogen-bond acceptors (Lipinski definition) is 5. The molecular weight excluding hydrogens is 466 g/mol. The van der Waals surface area contributed by atoms with E-state index in [0.29, 0.717) is 17.9 Å². The van der Waals surface area contributed by atoms with Gasteiger partial charge < -0.3 is 4.18 Å². The molecule has 0 aliphatic carbocycles. The maximum absolute atomic E-state index is 13.8. The first-order chi connectivity index (χ1) is 13.3. The number of rotatable bonds is 10. The summed E-state index contributed by atoms with van der Waals surface area (Å²) in [5.41, 5.74) is 0.672. The Labute approximate surface area is 170 Å². The summed E-state index contributed by atoms with van der Waals surface area (Å²) < 4.78 is 137. The zero-order chi connectivity index (χ0) is 23.8. The lowest BCUT2D eigenvalue weighted by Gasteiger charge is -2.29. The van der Waals surface area contributed by atoms with Crippen molar-refractivity contribution in [3.05, 3.63) is 29.8 Å². The zero-order valence-corrected chi connectivity index (χ0v) is 17.6. The molecule has 1 rings (SSSR count). The average molecular weight is 486 g/mol. The monoisotopic (exact) mass is 486 g/mol. The summed E-state index contributed by atoms with van der Waals surface area (Å²) in [6, 6.07) is 4.32. The molecule has 0 bridgehead atoms. The van der Waals surface area contributed by atoms with E-state index in [-0.39, 0.29) is 5.92 Å². The molecule has 174 valence electrons. The fourth-order valence-electron chi connectivity index (χ4n) is 2.57. The molecule has 0 heterocycles. The minimum Gasteiger partial charge on any atom is -0.378 e.